The van der Waals surface area contributed by atoms with Crippen LogP contribution in [0, 0.1) is 0 Å². The van der Waals surface area contributed by atoms with E-state index in [1.165, 1.54) is 24.4 Å². The second kappa shape index (κ2) is 9.44. The van der Waals surface area contributed by atoms with Crippen LogP contribution < -0.4 is 0 Å². The van der Waals surface area contributed by atoms with Gasteiger partial charge in [0.15, 0.2) is 0 Å². The van der Waals surface area contributed by atoms with E-state index in [0.29, 0.717) is 23.1 Å². The highest BCUT2D eigenvalue weighted by atomic mass is 16.5. The van der Waals surface area contributed by atoms with Gasteiger partial charge in [-0.1, -0.05) is 18.2 Å². The molecule has 1 unspecified atom stereocenters. The van der Waals surface area contributed by atoms with Gasteiger partial charge in [-0.15, -0.1) is 0 Å². The molecule has 1 N–H and O–H groups in total. The Morgan fingerprint density at radius 3 is 2.36 bits per heavy atom. The first-order chi connectivity index (χ1) is 16.0. The van der Waals surface area contributed by atoms with Gasteiger partial charge in [0.25, 0.3) is 11.7 Å². The molecule has 1 saturated heterocycles. The van der Waals surface area contributed by atoms with Crippen LogP contribution in [0.2, 0.25) is 0 Å². The molecule has 0 saturated carbocycles. The summed E-state index contributed by atoms with van der Waals surface area (Å²) in [5, 5.41) is 11.0. The van der Waals surface area contributed by atoms with Gasteiger partial charge in [0, 0.05) is 42.8 Å². The molecule has 3 aromatic rings. The summed E-state index contributed by atoms with van der Waals surface area (Å²) >= 11 is 0. The molecule has 1 aliphatic rings. The number of carbonyl (C=O) groups excluding carboxylic acids is 3. The average molecular weight is 443 g/mol. The van der Waals surface area contributed by atoms with Gasteiger partial charge in [-0.05, 0) is 42.0 Å². The molecular formula is C25H21N3O5. The summed E-state index contributed by atoms with van der Waals surface area (Å²) in [5.74, 6) is -2.25. The lowest BCUT2D eigenvalue weighted by atomic mass is 9.95. The van der Waals surface area contributed by atoms with E-state index in [1.54, 1.807) is 48.7 Å². The highest BCUT2D eigenvalue weighted by molar-refractivity contribution is 6.46. The molecule has 0 aliphatic carbocycles. The Kier molecular flexibility index (Phi) is 6.26. The smallest absolute Gasteiger partial charge is 0.337 e. The first-order valence-electron chi connectivity index (χ1n) is 10.3. The fourth-order valence-corrected chi connectivity index (χ4v) is 3.82. The predicted octanol–water partition coefficient (Wildman–Crippen LogP) is 2.93. The fraction of sp³-hybridized carbons (Fsp3) is 0.160. The summed E-state index contributed by atoms with van der Waals surface area (Å²) in [6.45, 7) is 0.220. The van der Waals surface area contributed by atoms with Crippen LogP contribution in [0.5, 0.6) is 0 Å². The number of ether oxygens (including phenoxy) is 1. The van der Waals surface area contributed by atoms with Gasteiger partial charge in [-0.3, -0.25) is 19.6 Å². The zero-order valence-electron chi connectivity index (χ0n) is 17.8. The summed E-state index contributed by atoms with van der Waals surface area (Å²) in [4.78, 5) is 47.5. The van der Waals surface area contributed by atoms with Crippen molar-refractivity contribution in [3.63, 3.8) is 0 Å². The third-order valence-corrected chi connectivity index (χ3v) is 5.48. The van der Waals surface area contributed by atoms with Gasteiger partial charge in [0.2, 0.25) is 0 Å². The number of methoxy groups -OCH3 is 1. The number of Topliss-reactive ketones (excluding diaryl/α,β-unsaturated/α-hetero) is 1. The molecule has 1 fully saturated rings. The minimum atomic E-state index is -0.825. The van der Waals surface area contributed by atoms with E-state index >= 15 is 0 Å². The van der Waals surface area contributed by atoms with Crippen LogP contribution in [-0.2, 0) is 20.7 Å². The molecule has 2 aromatic heterocycles. The van der Waals surface area contributed by atoms with Gasteiger partial charge in [0.1, 0.15) is 5.76 Å². The fourth-order valence-electron chi connectivity index (χ4n) is 3.82. The molecule has 0 radical (unpaired) electrons. The third kappa shape index (κ3) is 4.36. The van der Waals surface area contributed by atoms with Gasteiger partial charge >= 0.3 is 5.97 Å². The normalized spacial score (nSPS) is 17.2. The summed E-state index contributed by atoms with van der Waals surface area (Å²) in [7, 11) is 1.29. The van der Waals surface area contributed by atoms with Crippen LogP contribution >= 0.6 is 0 Å². The van der Waals surface area contributed by atoms with Crippen LogP contribution in [-0.4, -0.2) is 51.3 Å². The van der Waals surface area contributed by atoms with E-state index < -0.39 is 23.7 Å². The van der Waals surface area contributed by atoms with Gasteiger partial charge in [-0.2, -0.15) is 0 Å². The number of esters is 1. The number of amides is 1. The van der Waals surface area contributed by atoms with E-state index in [-0.39, 0.29) is 17.9 Å². The first kappa shape index (κ1) is 21.9. The van der Waals surface area contributed by atoms with Crippen LogP contribution in [0.15, 0.2) is 78.8 Å². The highest BCUT2D eigenvalue weighted by Crippen LogP contribution is 2.39. The van der Waals surface area contributed by atoms with Crippen molar-refractivity contribution in [2.75, 3.05) is 13.7 Å². The molecule has 166 valence electrons. The summed E-state index contributed by atoms with van der Waals surface area (Å²) in [6, 6.07) is 14.2. The minimum absolute atomic E-state index is 0.0157. The zero-order chi connectivity index (χ0) is 23.4. The molecule has 1 aromatic carbocycles. The summed E-state index contributed by atoms with van der Waals surface area (Å²) in [6.07, 6.45) is 5.08. The Bertz CT molecular complexity index is 1210. The molecule has 8 nitrogen and oxygen atoms in total. The maximum atomic E-state index is 13.0. The minimum Gasteiger partial charge on any atom is -0.507 e. The SMILES string of the molecule is COC(=O)c1ccc(C2C(=C(O)c3ccncc3)C(=O)C(=O)N2CCc2ccccn2)cc1. The Morgan fingerprint density at radius 1 is 1.00 bits per heavy atom. The van der Waals surface area contributed by atoms with Gasteiger partial charge < -0.3 is 14.7 Å². The lowest BCUT2D eigenvalue weighted by molar-refractivity contribution is -0.139. The van der Waals surface area contributed by atoms with Crippen LogP contribution in [0.4, 0.5) is 0 Å². The van der Waals surface area contributed by atoms with Gasteiger partial charge in [0.05, 0.1) is 24.3 Å². The van der Waals surface area contributed by atoms with Crippen molar-refractivity contribution in [1.82, 2.24) is 14.9 Å². The van der Waals surface area contributed by atoms with Crippen LogP contribution in [0.3, 0.4) is 0 Å². The number of aliphatic hydroxyl groups is 1. The molecule has 8 heteroatoms. The average Bonchev–Trinajstić information content (AvgIpc) is 3.12. The predicted molar refractivity (Wildman–Crippen MR) is 119 cm³/mol. The molecular weight excluding hydrogens is 422 g/mol. The second-order valence-corrected chi connectivity index (χ2v) is 7.41. The number of rotatable bonds is 6. The third-order valence-electron chi connectivity index (χ3n) is 5.48. The Labute approximate surface area is 190 Å². The molecule has 4 rings (SSSR count). The molecule has 1 amide bonds. The highest BCUT2D eigenvalue weighted by Gasteiger charge is 2.45. The Morgan fingerprint density at radius 2 is 1.73 bits per heavy atom. The molecule has 0 spiro atoms. The largest absolute Gasteiger partial charge is 0.507 e. The number of benzene rings is 1. The number of hydrogen-bond acceptors (Lipinski definition) is 7. The topological polar surface area (TPSA) is 110 Å². The van der Waals surface area contributed by atoms with Crippen LogP contribution in [0.25, 0.3) is 5.76 Å². The van der Waals surface area contributed by atoms with Gasteiger partial charge in [-0.25, -0.2) is 4.79 Å². The van der Waals surface area contributed by atoms with E-state index in [4.69, 9.17) is 4.74 Å². The maximum Gasteiger partial charge on any atom is 0.337 e. The number of aliphatic hydroxyl groups excluding tert-OH is 1. The molecule has 1 aliphatic heterocycles. The van der Waals surface area contributed by atoms with Crippen molar-refractivity contribution < 1.29 is 24.2 Å². The first-order valence-corrected chi connectivity index (χ1v) is 10.3. The Hall–Kier alpha value is -4.33. The number of hydrogen-bond donors (Lipinski definition) is 1. The molecule has 33 heavy (non-hydrogen) atoms. The van der Waals surface area contributed by atoms with E-state index in [0.717, 1.165) is 5.69 Å². The quantitative estimate of drug-likeness (QED) is 0.270. The summed E-state index contributed by atoms with van der Waals surface area (Å²) < 4.78 is 4.74. The number of ketones is 1. The maximum absolute atomic E-state index is 13.0. The van der Waals surface area contributed by atoms with Crippen molar-refractivity contribution in [3.05, 3.63) is 101 Å². The van der Waals surface area contributed by atoms with E-state index in [1.807, 2.05) is 12.1 Å². The second-order valence-electron chi connectivity index (χ2n) is 7.41. The van der Waals surface area contributed by atoms with E-state index in [9.17, 15) is 19.5 Å². The van der Waals surface area contributed by atoms with Crippen molar-refractivity contribution in [1.29, 1.82) is 0 Å². The van der Waals surface area contributed by atoms with Crippen LogP contribution in [0.1, 0.15) is 33.2 Å². The Balaban J connectivity index is 1.77. The lowest BCUT2D eigenvalue weighted by Gasteiger charge is -2.25. The van der Waals surface area contributed by atoms with Crippen molar-refractivity contribution in [2.45, 2.75) is 12.5 Å². The monoisotopic (exact) mass is 443 g/mol. The van der Waals surface area contributed by atoms with Crippen molar-refractivity contribution >= 4 is 23.4 Å². The number of nitrogens with zero attached hydrogens (tertiary/aromatic N) is 3. The van der Waals surface area contributed by atoms with E-state index in [2.05, 4.69) is 9.97 Å². The standard InChI is InChI=1S/C25H21N3O5/c1-33-25(32)18-7-5-16(6-8-18)21-20(22(29)17-9-13-26-14-10-17)23(30)24(31)28(21)15-11-19-4-2-3-12-27-19/h2-10,12-14,21,29H,11,15H2,1H3. The molecule has 1 atom stereocenters. The molecule has 3 heterocycles. The zero-order valence-corrected chi connectivity index (χ0v) is 17.8. The summed E-state index contributed by atoms with van der Waals surface area (Å²) in [5.41, 5.74) is 2.05. The number of pyridine rings is 2. The van der Waals surface area contributed by atoms with Crippen molar-refractivity contribution in [2.24, 2.45) is 0 Å². The number of aromatic nitrogens is 2. The lowest BCUT2D eigenvalue weighted by Crippen LogP contribution is -2.31. The van der Waals surface area contributed by atoms with Crippen molar-refractivity contribution in [3.8, 4) is 0 Å². The number of likely N-dealkylation sites (tertiary alicyclic amines) is 1. The number of carbonyl (C=O) groups is 3. The molecule has 0 bridgehead atoms.